The van der Waals surface area contributed by atoms with Crippen LogP contribution in [0.3, 0.4) is 0 Å². The van der Waals surface area contributed by atoms with Crippen molar-refractivity contribution in [2.75, 3.05) is 13.6 Å². The van der Waals surface area contributed by atoms with E-state index in [0.29, 0.717) is 0 Å². The third-order valence-corrected chi connectivity index (χ3v) is 3.96. The highest BCUT2D eigenvalue weighted by atomic mass is 32.1. The fraction of sp³-hybridized carbons (Fsp3) is 0.438. The van der Waals surface area contributed by atoms with Crippen LogP contribution in [0.4, 0.5) is 0 Å². The summed E-state index contributed by atoms with van der Waals surface area (Å²) in [6.07, 6.45) is 0.343. The van der Waals surface area contributed by atoms with Gasteiger partial charge in [0.05, 0.1) is 17.3 Å². The Labute approximate surface area is 124 Å². The first-order valence-electron chi connectivity index (χ1n) is 6.86. The van der Waals surface area contributed by atoms with Gasteiger partial charge in [0.2, 0.25) is 0 Å². The molecule has 2 rings (SSSR count). The minimum Gasteiger partial charge on any atom is -0.388 e. The van der Waals surface area contributed by atoms with Crippen LogP contribution in [0.25, 0.3) is 0 Å². The summed E-state index contributed by atoms with van der Waals surface area (Å²) in [5.41, 5.74) is 6.38. The Balaban J connectivity index is 1.86. The quantitative estimate of drug-likeness (QED) is 0.886. The van der Waals surface area contributed by atoms with Gasteiger partial charge < -0.3 is 10.0 Å². The molecule has 1 aromatic heterocycles. The molecule has 3 nitrogen and oxygen atoms in total. The van der Waals surface area contributed by atoms with E-state index in [0.717, 1.165) is 30.8 Å². The van der Waals surface area contributed by atoms with Gasteiger partial charge in [0.15, 0.2) is 0 Å². The average molecular weight is 290 g/mol. The van der Waals surface area contributed by atoms with Crippen LogP contribution in [0, 0.1) is 13.8 Å². The molecule has 0 bridgehead atoms. The van der Waals surface area contributed by atoms with Crippen molar-refractivity contribution in [2.45, 2.75) is 32.9 Å². The van der Waals surface area contributed by atoms with Gasteiger partial charge in [-0.1, -0.05) is 29.3 Å². The Morgan fingerprint density at radius 1 is 1.25 bits per heavy atom. The predicted octanol–water partition coefficient (Wildman–Crippen LogP) is 3.32. The average Bonchev–Trinajstić information content (AvgIpc) is 2.87. The van der Waals surface area contributed by atoms with E-state index in [2.05, 4.69) is 54.4 Å². The number of aromatic nitrogens is 1. The molecule has 1 N–H and O–H groups in total. The topological polar surface area (TPSA) is 36.4 Å². The van der Waals surface area contributed by atoms with Crippen molar-refractivity contribution in [1.29, 1.82) is 0 Å². The van der Waals surface area contributed by atoms with Crippen LogP contribution in [-0.2, 0) is 6.54 Å². The summed E-state index contributed by atoms with van der Waals surface area (Å²) < 4.78 is 0. The number of hydrogen-bond donors (Lipinski definition) is 1. The van der Waals surface area contributed by atoms with Gasteiger partial charge in [-0.2, -0.15) is 0 Å². The van der Waals surface area contributed by atoms with Crippen molar-refractivity contribution < 1.29 is 5.11 Å². The third-order valence-electron chi connectivity index (χ3n) is 3.33. The molecular weight excluding hydrogens is 268 g/mol. The van der Waals surface area contributed by atoms with E-state index < -0.39 is 6.10 Å². The van der Waals surface area contributed by atoms with Crippen molar-refractivity contribution >= 4 is 11.3 Å². The van der Waals surface area contributed by atoms with Gasteiger partial charge in [-0.05, 0) is 32.9 Å². The normalized spacial score (nSPS) is 12.8. The Hall–Kier alpha value is -1.23. The molecule has 2 aromatic rings. The van der Waals surface area contributed by atoms with Crippen molar-refractivity contribution in [3.05, 3.63) is 51.5 Å². The fourth-order valence-electron chi connectivity index (χ4n) is 2.38. The molecule has 0 saturated carbocycles. The molecule has 20 heavy (non-hydrogen) atoms. The van der Waals surface area contributed by atoms with Crippen molar-refractivity contribution in [3.63, 3.8) is 0 Å². The van der Waals surface area contributed by atoms with Crippen LogP contribution in [0.5, 0.6) is 0 Å². The number of benzene rings is 1. The van der Waals surface area contributed by atoms with Crippen LogP contribution < -0.4 is 0 Å². The Morgan fingerprint density at radius 2 is 1.95 bits per heavy atom. The molecule has 0 aliphatic carbocycles. The summed E-state index contributed by atoms with van der Waals surface area (Å²) in [6, 6.07) is 6.26. The standard InChI is InChI=1S/C16H22N2OS/c1-12-6-13(2)8-14(7-12)16(19)4-5-18(3)9-15-10-20-11-17-15/h6-8,10-11,16,19H,4-5,9H2,1-3H3. The lowest BCUT2D eigenvalue weighted by atomic mass is 10.0. The van der Waals surface area contributed by atoms with E-state index in [1.807, 2.05) is 5.51 Å². The Kier molecular flexibility index (Phi) is 5.29. The number of thiazole rings is 1. The van der Waals surface area contributed by atoms with Crippen LogP contribution in [-0.4, -0.2) is 28.6 Å². The first-order chi connectivity index (χ1) is 9.54. The monoisotopic (exact) mass is 290 g/mol. The smallest absolute Gasteiger partial charge is 0.0802 e. The molecule has 1 unspecified atom stereocenters. The van der Waals surface area contributed by atoms with E-state index in [4.69, 9.17) is 0 Å². The van der Waals surface area contributed by atoms with Crippen LogP contribution in [0.15, 0.2) is 29.1 Å². The Morgan fingerprint density at radius 3 is 2.55 bits per heavy atom. The second-order valence-electron chi connectivity index (χ2n) is 5.44. The molecule has 0 fully saturated rings. The number of aliphatic hydroxyl groups excluding tert-OH is 1. The van der Waals surface area contributed by atoms with Crippen LogP contribution >= 0.6 is 11.3 Å². The summed E-state index contributed by atoms with van der Waals surface area (Å²) in [7, 11) is 2.06. The molecule has 108 valence electrons. The van der Waals surface area contributed by atoms with E-state index in [9.17, 15) is 5.11 Å². The van der Waals surface area contributed by atoms with Crippen molar-refractivity contribution in [1.82, 2.24) is 9.88 Å². The summed E-state index contributed by atoms with van der Waals surface area (Å²) in [5.74, 6) is 0. The molecule has 0 saturated heterocycles. The van der Waals surface area contributed by atoms with Crippen LogP contribution in [0.2, 0.25) is 0 Å². The minimum absolute atomic E-state index is 0.397. The van der Waals surface area contributed by atoms with Gasteiger partial charge in [-0.25, -0.2) is 4.98 Å². The van der Waals surface area contributed by atoms with E-state index in [-0.39, 0.29) is 0 Å². The lowest BCUT2D eigenvalue weighted by molar-refractivity contribution is 0.147. The number of aliphatic hydroxyl groups is 1. The zero-order chi connectivity index (χ0) is 14.5. The van der Waals surface area contributed by atoms with Crippen molar-refractivity contribution in [2.24, 2.45) is 0 Å². The predicted molar refractivity (Wildman–Crippen MR) is 83.9 cm³/mol. The van der Waals surface area contributed by atoms with Gasteiger partial charge in [-0.3, -0.25) is 0 Å². The van der Waals surface area contributed by atoms with Gasteiger partial charge >= 0.3 is 0 Å². The lowest BCUT2D eigenvalue weighted by Crippen LogP contribution is -2.21. The molecule has 0 amide bonds. The van der Waals surface area contributed by atoms with Gasteiger partial charge in [-0.15, -0.1) is 11.3 Å². The van der Waals surface area contributed by atoms with Crippen molar-refractivity contribution in [3.8, 4) is 0 Å². The SMILES string of the molecule is Cc1cc(C)cc(C(O)CCN(C)Cc2cscn2)c1. The number of nitrogens with zero attached hydrogens (tertiary/aromatic N) is 2. The molecule has 0 spiro atoms. The second kappa shape index (κ2) is 6.97. The zero-order valence-corrected chi connectivity index (χ0v) is 13.2. The highest BCUT2D eigenvalue weighted by molar-refractivity contribution is 7.07. The molecule has 0 aliphatic rings. The number of aryl methyl sites for hydroxylation is 2. The molecule has 1 heterocycles. The molecule has 1 atom stereocenters. The Bertz CT molecular complexity index is 519. The van der Waals surface area contributed by atoms with Crippen LogP contribution in [0.1, 0.15) is 34.9 Å². The summed E-state index contributed by atoms with van der Waals surface area (Å²) in [5, 5.41) is 12.4. The zero-order valence-electron chi connectivity index (χ0n) is 12.3. The highest BCUT2D eigenvalue weighted by Crippen LogP contribution is 2.20. The van der Waals surface area contributed by atoms with E-state index >= 15 is 0 Å². The molecule has 0 aliphatic heterocycles. The maximum atomic E-state index is 10.3. The maximum Gasteiger partial charge on any atom is 0.0802 e. The van der Waals surface area contributed by atoms with Gasteiger partial charge in [0.25, 0.3) is 0 Å². The lowest BCUT2D eigenvalue weighted by Gasteiger charge is -2.18. The summed E-state index contributed by atoms with van der Waals surface area (Å²) >= 11 is 1.62. The third kappa shape index (κ3) is 4.40. The molecular formula is C16H22N2OS. The summed E-state index contributed by atoms with van der Waals surface area (Å²) in [4.78, 5) is 6.47. The second-order valence-corrected chi connectivity index (χ2v) is 6.16. The van der Waals surface area contributed by atoms with E-state index in [1.54, 1.807) is 11.3 Å². The molecule has 4 heteroatoms. The van der Waals surface area contributed by atoms with Gasteiger partial charge in [0.1, 0.15) is 0 Å². The number of hydrogen-bond acceptors (Lipinski definition) is 4. The summed E-state index contributed by atoms with van der Waals surface area (Å²) in [6.45, 7) is 5.82. The highest BCUT2D eigenvalue weighted by Gasteiger charge is 2.10. The molecule has 1 aromatic carbocycles. The first-order valence-corrected chi connectivity index (χ1v) is 7.81. The fourth-order valence-corrected chi connectivity index (χ4v) is 2.93. The van der Waals surface area contributed by atoms with E-state index in [1.165, 1.54) is 11.1 Å². The number of rotatable bonds is 6. The van der Waals surface area contributed by atoms with Gasteiger partial charge in [0, 0.05) is 18.5 Å². The maximum absolute atomic E-state index is 10.3. The molecule has 0 radical (unpaired) electrons. The largest absolute Gasteiger partial charge is 0.388 e. The first kappa shape index (κ1) is 15.2. The minimum atomic E-state index is -0.397.